The first-order chi connectivity index (χ1) is 7.31. The highest BCUT2D eigenvalue weighted by atomic mass is 32.2. The number of rotatable bonds is 3. The average molecular weight is 221 g/mol. The first-order valence-corrected chi connectivity index (χ1v) is 6.36. The van der Waals surface area contributed by atoms with E-state index in [9.17, 15) is 4.79 Å². The maximum atomic E-state index is 11.5. The first kappa shape index (κ1) is 10.7. The zero-order valence-electron chi connectivity index (χ0n) is 8.85. The molecule has 2 atom stereocenters. The number of hydrogen-bond donors (Lipinski definition) is 0. The standard InChI is InChI=1S/C12H15NOS/c1-2-11-9(8-15-12(11)14)7-10-5-3-4-6-13-10/h3-6,9,11H,2,7-8H2,1H3. The van der Waals surface area contributed by atoms with Gasteiger partial charge in [0.2, 0.25) is 0 Å². The van der Waals surface area contributed by atoms with Gasteiger partial charge in [-0.15, -0.1) is 0 Å². The molecular weight excluding hydrogens is 206 g/mol. The molecule has 1 fully saturated rings. The lowest BCUT2D eigenvalue weighted by Crippen LogP contribution is -2.17. The van der Waals surface area contributed by atoms with Crippen LogP contribution < -0.4 is 0 Å². The maximum Gasteiger partial charge on any atom is 0.192 e. The molecule has 0 radical (unpaired) electrons. The van der Waals surface area contributed by atoms with E-state index < -0.39 is 0 Å². The number of nitrogens with zero attached hydrogens (tertiary/aromatic N) is 1. The predicted molar refractivity (Wildman–Crippen MR) is 62.7 cm³/mol. The van der Waals surface area contributed by atoms with Gasteiger partial charge < -0.3 is 0 Å². The normalized spacial score (nSPS) is 25.8. The maximum absolute atomic E-state index is 11.5. The summed E-state index contributed by atoms with van der Waals surface area (Å²) in [7, 11) is 0. The van der Waals surface area contributed by atoms with E-state index in [2.05, 4.69) is 11.9 Å². The minimum Gasteiger partial charge on any atom is -0.287 e. The molecule has 0 spiro atoms. The zero-order chi connectivity index (χ0) is 10.7. The van der Waals surface area contributed by atoms with Crippen LogP contribution in [-0.2, 0) is 11.2 Å². The van der Waals surface area contributed by atoms with Crippen molar-refractivity contribution < 1.29 is 4.79 Å². The highest BCUT2D eigenvalue weighted by Crippen LogP contribution is 2.35. The van der Waals surface area contributed by atoms with Gasteiger partial charge in [-0.2, -0.15) is 0 Å². The molecule has 1 aromatic rings. The molecule has 80 valence electrons. The fourth-order valence-corrected chi connectivity index (χ4v) is 3.40. The molecule has 1 aromatic heterocycles. The van der Waals surface area contributed by atoms with Crippen molar-refractivity contribution in [2.75, 3.05) is 5.75 Å². The summed E-state index contributed by atoms with van der Waals surface area (Å²) in [4.78, 5) is 15.9. The lowest BCUT2D eigenvalue weighted by molar-refractivity contribution is -0.114. The Morgan fingerprint density at radius 1 is 1.53 bits per heavy atom. The number of hydrogen-bond acceptors (Lipinski definition) is 3. The second-order valence-electron chi connectivity index (χ2n) is 3.93. The lowest BCUT2D eigenvalue weighted by Gasteiger charge is -2.14. The van der Waals surface area contributed by atoms with Gasteiger partial charge in [-0.3, -0.25) is 9.78 Å². The highest BCUT2D eigenvalue weighted by Gasteiger charge is 2.34. The van der Waals surface area contributed by atoms with E-state index in [1.165, 1.54) is 11.8 Å². The van der Waals surface area contributed by atoms with Crippen molar-refractivity contribution in [3.63, 3.8) is 0 Å². The van der Waals surface area contributed by atoms with Crippen molar-refractivity contribution in [3.8, 4) is 0 Å². The van der Waals surface area contributed by atoms with Crippen LogP contribution in [0.2, 0.25) is 0 Å². The van der Waals surface area contributed by atoms with Crippen LogP contribution >= 0.6 is 11.8 Å². The number of carbonyl (C=O) groups is 1. The van der Waals surface area contributed by atoms with Crippen LogP contribution in [0.25, 0.3) is 0 Å². The van der Waals surface area contributed by atoms with Crippen molar-refractivity contribution in [2.45, 2.75) is 19.8 Å². The van der Waals surface area contributed by atoms with Gasteiger partial charge in [0.1, 0.15) is 0 Å². The molecule has 1 aliphatic rings. The summed E-state index contributed by atoms with van der Waals surface area (Å²) in [6.07, 6.45) is 3.72. The molecule has 0 saturated carbocycles. The van der Waals surface area contributed by atoms with Gasteiger partial charge in [-0.25, -0.2) is 0 Å². The summed E-state index contributed by atoms with van der Waals surface area (Å²) in [6, 6.07) is 5.97. The van der Waals surface area contributed by atoms with Crippen LogP contribution in [0.3, 0.4) is 0 Å². The average Bonchev–Trinajstić information content (AvgIpc) is 2.61. The summed E-state index contributed by atoms with van der Waals surface area (Å²) < 4.78 is 0. The molecule has 2 unspecified atom stereocenters. The third kappa shape index (κ3) is 2.40. The summed E-state index contributed by atoms with van der Waals surface area (Å²) in [5.41, 5.74) is 1.11. The number of aromatic nitrogens is 1. The van der Waals surface area contributed by atoms with E-state index in [-0.39, 0.29) is 5.92 Å². The minimum atomic E-state index is 0.247. The molecule has 2 nitrogen and oxygen atoms in total. The van der Waals surface area contributed by atoms with Gasteiger partial charge >= 0.3 is 0 Å². The molecule has 0 aliphatic carbocycles. The van der Waals surface area contributed by atoms with Crippen molar-refractivity contribution >= 4 is 16.9 Å². The fraction of sp³-hybridized carbons (Fsp3) is 0.500. The van der Waals surface area contributed by atoms with Crippen molar-refractivity contribution in [1.29, 1.82) is 0 Å². The number of carbonyl (C=O) groups excluding carboxylic acids is 1. The molecule has 15 heavy (non-hydrogen) atoms. The van der Waals surface area contributed by atoms with Crippen LogP contribution in [0.5, 0.6) is 0 Å². The Bertz CT molecular complexity index is 339. The van der Waals surface area contributed by atoms with Gasteiger partial charge in [0.05, 0.1) is 0 Å². The molecule has 2 heterocycles. The van der Waals surface area contributed by atoms with Gasteiger partial charge in [0.25, 0.3) is 0 Å². The summed E-state index contributed by atoms with van der Waals surface area (Å²) in [6.45, 7) is 2.10. The molecule has 0 aromatic carbocycles. The SMILES string of the molecule is CCC1C(=O)SCC1Cc1ccccn1. The Balaban J connectivity index is 2.04. The van der Waals surface area contributed by atoms with Crippen molar-refractivity contribution in [2.24, 2.45) is 11.8 Å². The second kappa shape index (κ2) is 4.79. The van der Waals surface area contributed by atoms with E-state index in [1.54, 1.807) is 0 Å². The molecule has 0 N–H and O–H groups in total. The quantitative estimate of drug-likeness (QED) is 0.785. The molecule has 0 bridgehead atoms. The summed E-state index contributed by atoms with van der Waals surface area (Å²) in [5.74, 6) is 1.70. The summed E-state index contributed by atoms with van der Waals surface area (Å²) >= 11 is 1.49. The Kier molecular flexibility index (Phi) is 3.41. The number of thioether (sulfide) groups is 1. The van der Waals surface area contributed by atoms with Crippen LogP contribution in [0, 0.1) is 11.8 Å². The topological polar surface area (TPSA) is 30.0 Å². The summed E-state index contributed by atoms with van der Waals surface area (Å²) in [5, 5.41) is 0.374. The van der Waals surface area contributed by atoms with E-state index in [4.69, 9.17) is 0 Å². The largest absolute Gasteiger partial charge is 0.287 e. The Hall–Kier alpha value is -0.830. The van der Waals surface area contributed by atoms with E-state index in [0.717, 1.165) is 24.3 Å². The predicted octanol–water partition coefficient (Wildman–Crippen LogP) is 2.54. The Morgan fingerprint density at radius 2 is 2.40 bits per heavy atom. The van der Waals surface area contributed by atoms with Crippen LogP contribution in [-0.4, -0.2) is 15.9 Å². The fourth-order valence-electron chi connectivity index (χ4n) is 2.09. The second-order valence-corrected chi connectivity index (χ2v) is 4.95. The lowest BCUT2D eigenvalue weighted by atomic mass is 9.89. The van der Waals surface area contributed by atoms with E-state index in [1.807, 2.05) is 24.4 Å². The zero-order valence-corrected chi connectivity index (χ0v) is 9.67. The third-order valence-electron chi connectivity index (χ3n) is 2.95. The molecule has 0 amide bonds. The molecule has 1 aliphatic heterocycles. The molecule has 1 saturated heterocycles. The van der Waals surface area contributed by atoms with Gasteiger partial charge in [0.15, 0.2) is 5.12 Å². The monoisotopic (exact) mass is 221 g/mol. The van der Waals surface area contributed by atoms with Crippen LogP contribution in [0.4, 0.5) is 0 Å². The first-order valence-electron chi connectivity index (χ1n) is 5.37. The van der Waals surface area contributed by atoms with Crippen LogP contribution in [0.15, 0.2) is 24.4 Å². The Labute approximate surface area is 94.5 Å². The number of pyridine rings is 1. The van der Waals surface area contributed by atoms with Crippen molar-refractivity contribution in [3.05, 3.63) is 30.1 Å². The van der Waals surface area contributed by atoms with Gasteiger partial charge in [0, 0.05) is 23.6 Å². The van der Waals surface area contributed by atoms with Crippen molar-refractivity contribution in [1.82, 2.24) is 4.98 Å². The molecule has 3 heteroatoms. The minimum absolute atomic E-state index is 0.247. The Morgan fingerprint density at radius 3 is 3.07 bits per heavy atom. The highest BCUT2D eigenvalue weighted by molar-refractivity contribution is 8.14. The van der Waals surface area contributed by atoms with E-state index in [0.29, 0.717) is 11.0 Å². The third-order valence-corrected chi connectivity index (χ3v) is 4.13. The smallest absolute Gasteiger partial charge is 0.192 e. The molecular formula is C12H15NOS. The van der Waals surface area contributed by atoms with Gasteiger partial charge in [-0.1, -0.05) is 24.8 Å². The van der Waals surface area contributed by atoms with E-state index >= 15 is 0 Å². The molecule has 2 rings (SSSR count). The van der Waals surface area contributed by atoms with Gasteiger partial charge in [-0.05, 0) is 30.9 Å². The van der Waals surface area contributed by atoms with Crippen LogP contribution in [0.1, 0.15) is 19.0 Å².